The van der Waals surface area contributed by atoms with Crippen LogP contribution in [-0.2, 0) is 16.0 Å². The molecule has 0 aliphatic heterocycles. The Morgan fingerprint density at radius 3 is 2.07 bits per heavy atom. The summed E-state index contributed by atoms with van der Waals surface area (Å²) in [6.07, 6.45) is 2.53. The highest BCUT2D eigenvalue weighted by molar-refractivity contribution is 5.91. The summed E-state index contributed by atoms with van der Waals surface area (Å²) in [7, 11) is 0. The van der Waals surface area contributed by atoms with Gasteiger partial charge in [0.2, 0.25) is 11.8 Å². The van der Waals surface area contributed by atoms with Gasteiger partial charge in [-0.1, -0.05) is 63.2 Å². The number of rotatable bonds is 10. The third kappa shape index (κ3) is 8.51. The summed E-state index contributed by atoms with van der Waals surface area (Å²) in [5, 5.41) is 5.97. The van der Waals surface area contributed by atoms with Crippen LogP contribution in [0.25, 0.3) is 0 Å². The van der Waals surface area contributed by atoms with Crippen molar-refractivity contribution >= 4 is 17.5 Å². The SMILES string of the molecule is CC(C)c1ccc(NC(=O)C[C@@H](C)CC(=O)N[C@H](C)CCc2ccccc2)cc1. The van der Waals surface area contributed by atoms with Crippen LogP contribution in [0.4, 0.5) is 5.69 Å². The molecule has 0 heterocycles. The van der Waals surface area contributed by atoms with Gasteiger partial charge in [0.05, 0.1) is 0 Å². The molecule has 2 aromatic carbocycles. The topological polar surface area (TPSA) is 58.2 Å². The molecule has 0 radical (unpaired) electrons. The molecule has 0 unspecified atom stereocenters. The summed E-state index contributed by atoms with van der Waals surface area (Å²) in [6.45, 7) is 8.25. The fraction of sp³-hybridized carbons (Fsp3) is 0.440. The van der Waals surface area contributed by atoms with E-state index in [4.69, 9.17) is 0 Å². The largest absolute Gasteiger partial charge is 0.354 e. The van der Waals surface area contributed by atoms with E-state index in [1.807, 2.05) is 56.3 Å². The van der Waals surface area contributed by atoms with Crippen LogP contribution in [-0.4, -0.2) is 17.9 Å². The van der Waals surface area contributed by atoms with Crippen molar-refractivity contribution < 1.29 is 9.59 Å². The maximum atomic E-state index is 12.3. The first-order valence-electron chi connectivity index (χ1n) is 10.6. The molecular weight excluding hydrogens is 360 g/mol. The van der Waals surface area contributed by atoms with Crippen LogP contribution in [0.15, 0.2) is 54.6 Å². The molecule has 4 heteroatoms. The van der Waals surface area contributed by atoms with Gasteiger partial charge in [-0.15, -0.1) is 0 Å². The van der Waals surface area contributed by atoms with Gasteiger partial charge in [0.25, 0.3) is 0 Å². The number of hydrogen-bond donors (Lipinski definition) is 2. The number of amides is 2. The molecule has 4 nitrogen and oxygen atoms in total. The fourth-order valence-electron chi connectivity index (χ4n) is 3.30. The van der Waals surface area contributed by atoms with Crippen molar-refractivity contribution in [2.45, 2.75) is 65.3 Å². The van der Waals surface area contributed by atoms with E-state index < -0.39 is 0 Å². The lowest BCUT2D eigenvalue weighted by atomic mass is 10.0. The first-order valence-corrected chi connectivity index (χ1v) is 10.6. The molecule has 156 valence electrons. The van der Waals surface area contributed by atoms with Gasteiger partial charge in [-0.05, 0) is 54.9 Å². The van der Waals surface area contributed by atoms with Crippen LogP contribution in [0.3, 0.4) is 0 Å². The third-order valence-corrected chi connectivity index (χ3v) is 5.05. The van der Waals surface area contributed by atoms with Crippen molar-refractivity contribution in [2.24, 2.45) is 5.92 Å². The molecule has 0 aromatic heterocycles. The highest BCUT2D eigenvalue weighted by Gasteiger charge is 2.15. The molecule has 2 atom stereocenters. The normalized spacial score (nSPS) is 13.0. The maximum absolute atomic E-state index is 12.3. The molecule has 0 fully saturated rings. The molecule has 0 spiro atoms. The van der Waals surface area contributed by atoms with E-state index in [9.17, 15) is 9.59 Å². The van der Waals surface area contributed by atoms with E-state index in [1.165, 1.54) is 11.1 Å². The van der Waals surface area contributed by atoms with Crippen molar-refractivity contribution in [1.29, 1.82) is 0 Å². The zero-order valence-electron chi connectivity index (χ0n) is 18.1. The van der Waals surface area contributed by atoms with E-state index in [0.29, 0.717) is 18.8 Å². The number of nitrogens with one attached hydrogen (secondary N) is 2. The molecular formula is C25H34N2O2. The van der Waals surface area contributed by atoms with Gasteiger partial charge in [-0.2, -0.15) is 0 Å². The zero-order valence-corrected chi connectivity index (χ0v) is 18.1. The highest BCUT2D eigenvalue weighted by atomic mass is 16.2. The van der Waals surface area contributed by atoms with Crippen LogP contribution >= 0.6 is 0 Å². The molecule has 0 saturated heterocycles. The summed E-state index contributed by atoms with van der Waals surface area (Å²) in [5.41, 5.74) is 3.32. The quantitative estimate of drug-likeness (QED) is 0.574. The van der Waals surface area contributed by atoms with Crippen molar-refractivity contribution in [3.05, 3.63) is 65.7 Å². The summed E-state index contributed by atoms with van der Waals surface area (Å²) in [6, 6.07) is 18.3. The molecule has 2 aromatic rings. The summed E-state index contributed by atoms with van der Waals surface area (Å²) >= 11 is 0. The molecule has 0 aliphatic carbocycles. The van der Waals surface area contributed by atoms with Gasteiger partial charge in [-0.3, -0.25) is 9.59 Å². The summed E-state index contributed by atoms with van der Waals surface area (Å²) in [4.78, 5) is 24.5. The number of benzene rings is 2. The number of carbonyl (C=O) groups excluding carboxylic acids is 2. The number of anilines is 1. The Bertz CT molecular complexity index is 769. The number of hydrogen-bond acceptors (Lipinski definition) is 2. The molecule has 29 heavy (non-hydrogen) atoms. The second-order valence-corrected chi connectivity index (χ2v) is 8.33. The van der Waals surface area contributed by atoms with Crippen molar-refractivity contribution in [3.63, 3.8) is 0 Å². The lowest BCUT2D eigenvalue weighted by Gasteiger charge is -2.16. The zero-order chi connectivity index (χ0) is 21.2. The Kier molecular flexibility index (Phi) is 8.91. The predicted molar refractivity (Wildman–Crippen MR) is 120 cm³/mol. The maximum Gasteiger partial charge on any atom is 0.224 e. The Morgan fingerprint density at radius 2 is 1.45 bits per heavy atom. The molecule has 2 amide bonds. The van der Waals surface area contributed by atoms with Crippen molar-refractivity contribution in [2.75, 3.05) is 5.32 Å². The fourth-order valence-corrected chi connectivity index (χ4v) is 3.30. The van der Waals surface area contributed by atoms with E-state index in [2.05, 4.69) is 36.6 Å². The Hall–Kier alpha value is -2.62. The molecule has 2 N–H and O–H groups in total. The van der Waals surface area contributed by atoms with E-state index >= 15 is 0 Å². The van der Waals surface area contributed by atoms with Gasteiger partial charge >= 0.3 is 0 Å². The van der Waals surface area contributed by atoms with Crippen LogP contribution in [0.1, 0.15) is 64.0 Å². The Labute approximate surface area is 175 Å². The number of aryl methyl sites for hydroxylation is 1. The minimum absolute atomic E-state index is 0.00662. The lowest BCUT2D eigenvalue weighted by Crippen LogP contribution is -2.34. The van der Waals surface area contributed by atoms with E-state index in [0.717, 1.165) is 18.5 Å². The van der Waals surface area contributed by atoms with Crippen LogP contribution in [0.5, 0.6) is 0 Å². The minimum Gasteiger partial charge on any atom is -0.354 e. The van der Waals surface area contributed by atoms with Gasteiger partial charge < -0.3 is 10.6 Å². The van der Waals surface area contributed by atoms with Crippen LogP contribution < -0.4 is 10.6 Å². The van der Waals surface area contributed by atoms with Crippen LogP contribution in [0.2, 0.25) is 0 Å². The van der Waals surface area contributed by atoms with Gasteiger partial charge in [0, 0.05) is 24.6 Å². The molecule has 0 aliphatic rings. The lowest BCUT2D eigenvalue weighted by molar-refractivity contribution is -0.123. The summed E-state index contributed by atoms with van der Waals surface area (Å²) < 4.78 is 0. The highest BCUT2D eigenvalue weighted by Crippen LogP contribution is 2.18. The molecule has 2 rings (SSSR count). The minimum atomic E-state index is -0.0558. The molecule has 0 saturated carbocycles. The smallest absolute Gasteiger partial charge is 0.224 e. The van der Waals surface area contributed by atoms with Gasteiger partial charge in [0.1, 0.15) is 0 Å². The Morgan fingerprint density at radius 1 is 0.828 bits per heavy atom. The average molecular weight is 395 g/mol. The van der Waals surface area contributed by atoms with E-state index in [-0.39, 0.29) is 23.8 Å². The number of carbonyl (C=O) groups is 2. The summed E-state index contributed by atoms with van der Waals surface area (Å²) in [5.74, 6) is 0.409. The van der Waals surface area contributed by atoms with Crippen molar-refractivity contribution in [3.8, 4) is 0 Å². The second kappa shape index (κ2) is 11.4. The standard InChI is InChI=1S/C25H34N2O2/c1-18(2)22-12-14-23(15-13-22)27-25(29)17-19(3)16-24(28)26-20(4)10-11-21-8-6-5-7-9-21/h5-9,12-15,18-20H,10-11,16-17H2,1-4H3,(H,26,28)(H,27,29)/t19-,20+/m0/s1. The first-order chi connectivity index (χ1) is 13.8. The average Bonchev–Trinajstić information content (AvgIpc) is 2.67. The van der Waals surface area contributed by atoms with Crippen molar-refractivity contribution in [1.82, 2.24) is 5.32 Å². The van der Waals surface area contributed by atoms with Gasteiger partial charge in [-0.25, -0.2) is 0 Å². The first kappa shape index (κ1) is 22.7. The monoisotopic (exact) mass is 394 g/mol. The second-order valence-electron chi connectivity index (χ2n) is 8.33. The third-order valence-electron chi connectivity index (χ3n) is 5.05. The van der Waals surface area contributed by atoms with E-state index in [1.54, 1.807) is 0 Å². The molecule has 0 bridgehead atoms. The predicted octanol–water partition coefficient (Wildman–Crippen LogP) is 5.30. The Balaban J connectivity index is 1.69. The van der Waals surface area contributed by atoms with Gasteiger partial charge in [0.15, 0.2) is 0 Å². The van der Waals surface area contributed by atoms with Crippen LogP contribution in [0, 0.1) is 5.92 Å².